The number of rotatable bonds is 9. The summed E-state index contributed by atoms with van der Waals surface area (Å²) in [5.74, 6) is -2.30. The van der Waals surface area contributed by atoms with E-state index in [9.17, 15) is 14.4 Å². The second-order valence-corrected chi connectivity index (χ2v) is 4.46. The number of aliphatic hydroxyl groups is 1. The molecule has 0 aromatic heterocycles. The molecule has 0 rings (SSSR count). The van der Waals surface area contributed by atoms with Crippen LogP contribution in [0.5, 0.6) is 0 Å². The van der Waals surface area contributed by atoms with Gasteiger partial charge < -0.3 is 25.8 Å². The number of aliphatic hydroxyl groups excluding tert-OH is 1. The van der Waals surface area contributed by atoms with Crippen molar-refractivity contribution in [3.63, 3.8) is 0 Å². The molecule has 0 aliphatic rings. The number of hydrogen-bond acceptors (Lipinski definition) is 6. The molecule has 0 amide bonds. The van der Waals surface area contributed by atoms with Crippen LogP contribution >= 0.6 is 0 Å². The van der Waals surface area contributed by atoms with Gasteiger partial charge in [-0.15, -0.1) is 0 Å². The van der Waals surface area contributed by atoms with E-state index in [1.54, 1.807) is 0 Å². The Kier molecular flexibility index (Phi) is 13.7. The summed E-state index contributed by atoms with van der Waals surface area (Å²) in [6, 6.07) is -0.731. The zero-order chi connectivity index (χ0) is 16.8. The van der Waals surface area contributed by atoms with Gasteiger partial charge in [-0.2, -0.15) is 0 Å². The highest BCUT2D eigenvalue weighted by Gasteiger charge is 2.09. The lowest BCUT2D eigenvalue weighted by atomic mass is 10.2. The van der Waals surface area contributed by atoms with Crippen LogP contribution in [0, 0.1) is 0 Å². The van der Waals surface area contributed by atoms with Crippen molar-refractivity contribution in [1.29, 1.82) is 0 Å². The maximum absolute atomic E-state index is 11.0. The van der Waals surface area contributed by atoms with E-state index >= 15 is 0 Å². The van der Waals surface area contributed by atoms with Crippen molar-refractivity contribution in [2.24, 2.45) is 5.73 Å². The fourth-order valence-electron chi connectivity index (χ4n) is 1.06. The van der Waals surface area contributed by atoms with Crippen molar-refractivity contribution in [2.75, 3.05) is 0 Å². The molecule has 8 heteroatoms. The highest BCUT2D eigenvalue weighted by Crippen LogP contribution is 2.04. The number of carboxylic acids is 2. The highest BCUT2D eigenvalue weighted by atomic mass is 16.6. The predicted octanol–water partition coefficient (Wildman–Crippen LogP) is 0.711. The first-order chi connectivity index (χ1) is 9.70. The summed E-state index contributed by atoms with van der Waals surface area (Å²) in [7, 11) is 0. The van der Waals surface area contributed by atoms with Crippen molar-refractivity contribution in [1.82, 2.24) is 0 Å². The molecule has 0 bridgehead atoms. The molecule has 0 aliphatic carbocycles. The zero-order valence-electron chi connectivity index (χ0n) is 12.4. The molecular weight excluding hydrogens is 282 g/mol. The van der Waals surface area contributed by atoms with Crippen LogP contribution in [-0.4, -0.2) is 45.6 Å². The van der Waals surface area contributed by atoms with E-state index in [1.807, 2.05) is 6.92 Å². The summed E-state index contributed by atoms with van der Waals surface area (Å²) in [5.41, 5.74) is 4.84. The Morgan fingerprint density at radius 1 is 1.14 bits per heavy atom. The molecule has 124 valence electrons. The number of aliphatic carboxylic acids is 2. The number of esters is 1. The number of carbonyl (C=O) groups excluding carboxylic acids is 1. The summed E-state index contributed by atoms with van der Waals surface area (Å²) in [6.45, 7) is 3.30. The number of carbonyl (C=O) groups is 3. The molecule has 2 atom stereocenters. The maximum atomic E-state index is 11.0. The molecule has 21 heavy (non-hydrogen) atoms. The lowest BCUT2D eigenvalue weighted by Crippen LogP contribution is -2.25. The molecule has 0 saturated heterocycles. The third-order valence-electron chi connectivity index (χ3n) is 2.21. The van der Waals surface area contributed by atoms with E-state index in [-0.39, 0.29) is 12.8 Å². The molecule has 0 spiro atoms. The Balaban J connectivity index is 0. The van der Waals surface area contributed by atoms with Gasteiger partial charge in [0.2, 0.25) is 6.29 Å². The Labute approximate surface area is 123 Å². The summed E-state index contributed by atoms with van der Waals surface area (Å²) >= 11 is 0. The van der Waals surface area contributed by atoms with Gasteiger partial charge in [0.05, 0.1) is 0 Å². The number of carboxylic acid groups (broad SMARTS) is 2. The van der Waals surface area contributed by atoms with Crippen LogP contribution in [0.15, 0.2) is 0 Å². The van der Waals surface area contributed by atoms with Crippen molar-refractivity contribution in [3.05, 3.63) is 0 Å². The van der Waals surface area contributed by atoms with Gasteiger partial charge in [0, 0.05) is 19.3 Å². The lowest BCUT2D eigenvalue weighted by Gasteiger charge is -2.10. The monoisotopic (exact) mass is 307 g/mol. The minimum atomic E-state index is -1.03. The molecule has 0 radical (unpaired) electrons. The second kappa shape index (κ2) is 13.3. The molecular formula is C13H25NO7. The van der Waals surface area contributed by atoms with E-state index < -0.39 is 30.2 Å². The quantitative estimate of drug-likeness (QED) is 0.276. The zero-order valence-corrected chi connectivity index (χ0v) is 12.4. The fraction of sp³-hybridized carbons (Fsp3) is 0.769. The standard InChI is InChI=1S/C10H18O5.C3H7NO2/c1-2-5-9(13)15-10(14)7-4-3-6-8(11)12;1-2(4)3(5)6/h9,13H,2-7H2,1H3,(H,11,12);2H,4H2,1H3,(H,5,6)/t;2-/m.0/s1. The van der Waals surface area contributed by atoms with Gasteiger partial charge in [0.25, 0.3) is 0 Å². The van der Waals surface area contributed by atoms with Crippen LogP contribution in [0.1, 0.15) is 52.4 Å². The predicted molar refractivity (Wildman–Crippen MR) is 74.4 cm³/mol. The van der Waals surface area contributed by atoms with Crippen molar-refractivity contribution in [3.8, 4) is 0 Å². The first-order valence-electron chi connectivity index (χ1n) is 6.78. The van der Waals surface area contributed by atoms with Gasteiger partial charge in [-0.3, -0.25) is 14.4 Å². The molecule has 0 aromatic carbocycles. The minimum absolute atomic E-state index is 0.0603. The van der Waals surface area contributed by atoms with Crippen molar-refractivity contribution in [2.45, 2.75) is 64.7 Å². The molecule has 0 saturated carbocycles. The summed E-state index contributed by atoms with van der Waals surface area (Å²) in [5, 5.41) is 25.3. The van der Waals surface area contributed by atoms with E-state index in [2.05, 4.69) is 4.74 Å². The van der Waals surface area contributed by atoms with E-state index in [0.717, 1.165) is 6.42 Å². The van der Waals surface area contributed by atoms with Crippen LogP contribution in [-0.2, 0) is 19.1 Å². The molecule has 5 N–H and O–H groups in total. The van der Waals surface area contributed by atoms with Crippen LogP contribution in [0.3, 0.4) is 0 Å². The normalized spacial score (nSPS) is 12.6. The SMILES string of the molecule is CCCC(O)OC(=O)CCCCC(=O)O.C[C@H](N)C(=O)O. The minimum Gasteiger partial charge on any atom is -0.481 e. The van der Waals surface area contributed by atoms with E-state index in [0.29, 0.717) is 19.3 Å². The van der Waals surface area contributed by atoms with Crippen LogP contribution in [0.2, 0.25) is 0 Å². The smallest absolute Gasteiger partial charge is 0.320 e. The molecule has 0 aromatic rings. The highest BCUT2D eigenvalue weighted by molar-refractivity contribution is 5.72. The van der Waals surface area contributed by atoms with Gasteiger partial charge >= 0.3 is 17.9 Å². The number of hydrogen-bond donors (Lipinski definition) is 4. The van der Waals surface area contributed by atoms with Crippen LogP contribution in [0.25, 0.3) is 0 Å². The van der Waals surface area contributed by atoms with E-state index in [1.165, 1.54) is 6.92 Å². The van der Waals surface area contributed by atoms with Crippen molar-refractivity contribution < 1.29 is 34.4 Å². The second-order valence-electron chi connectivity index (χ2n) is 4.46. The Bertz CT molecular complexity index is 318. The largest absolute Gasteiger partial charge is 0.481 e. The maximum Gasteiger partial charge on any atom is 0.320 e. The summed E-state index contributed by atoms with van der Waals surface area (Å²) in [4.78, 5) is 30.8. The van der Waals surface area contributed by atoms with Crippen LogP contribution < -0.4 is 5.73 Å². The average molecular weight is 307 g/mol. The summed E-state index contributed by atoms with van der Waals surface area (Å²) < 4.78 is 4.67. The first-order valence-corrected chi connectivity index (χ1v) is 6.78. The lowest BCUT2D eigenvalue weighted by molar-refractivity contribution is -0.168. The van der Waals surface area contributed by atoms with Crippen LogP contribution in [0.4, 0.5) is 0 Å². The molecule has 0 fully saturated rings. The molecule has 8 nitrogen and oxygen atoms in total. The Morgan fingerprint density at radius 3 is 2.00 bits per heavy atom. The number of nitrogens with two attached hydrogens (primary N) is 1. The molecule has 0 aliphatic heterocycles. The average Bonchev–Trinajstić information content (AvgIpc) is 2.35. The van der Waals surface area contributed by atoms with Gasteiger partial charge in [0.15, 0.2) is 0 Å². The molecule has 1 unspecified atom stereocenters. The number of unbranched alkanes of at least 4 members (excludes halogenated alkanes) is 1. The fourth-order valence-corrected chi connectivity index (χ4v) is 1.06. The third-order valence-corrected chi connectivity index (χ3v) is 2.21. The number of ether oxygens (including phenoxy) is 1. The van der Waals surface area contributed by atoms with E-state index in [4.69, 9.17) is 21.1 Å². The third kappa shape index (κ3) is 18.3. The summed E-state index contributed by atoms with van der Waals surface area (Å²) in [6.07, 6.45) is 1.30. The van der Waals surface area contributed by atoms with Gasteiger partial charge in [-0.1, -0.05) is 13.3 Å². The van der Waals surface area contributed by atoms with Gasteiger partial charge in [-0.25, -0.2) is 0 Å². The molecule has 0 heterocycles. The Hall–Kier alpha value is -1.67. The first kappa shape index (κ1) is 21.6. The topological polar surface area (TPSA) is 147 Å². The van der Waals surface area contributed by atoms with Gasteiger partial charge in [0.1, 0.15) is 6.04 Å². The van der Waals surface area contributed by atoms with Gasteiger partial charge in [-0.05, 0) is 19.8 Å². The van der Waals surface area contributed by atoms with Crippen molar-refractivity contribution >= 4 is 17.9 Å². The Morgan fingerprint density at radius 2 is 1.62 bits per heavy atom.